The first-order chi connectivity index (χ1) is 11.3. The average molecular weight is 309 g/mol. The zero-order valence-electron chi connectivity index (χ0n) is 13.7. The predicted octanol–water partition coefficient (Wildman–Crippen LogP) is 3.21. The van der Waals surface area contributed by atoms with Crippen molar-refractivity contribution in [3.05, 3.63) is 65.0 Å². The van der Waals surface area contributed by atoms with Crippen LogP contribution in [0.5, 0.6) is 0 Å². The Morgan fingerprint density at radius 2 is 2.04 bits per heavy atom. The summed E-state index contributed by atoms with van der Waals surface area (Å²) in [6, 6.07) is 11.5. The van der Waals surface area contributed by atoms with Crippen molar-refractivity contribution in [1.29, 1.82) is 0 Å². The Hall–Kier alpha value is -2.36. The van der Waals surface area contributed by atoms with Crippen molar-refractivity contribution in [2.45, 2.75) is 32.7 Å². The topological polar surface area (TPSA) is 46.5 Å². The number of aryl methyl sites for hydroxylation is 1. The molecule has 0 radical (unpaired) electrons. The van der Waals surface area contributed by atoms with Crippen LogP contribution >= 0.6 is 0 Å². The molecule has 0 saturated heterocycles. The third kappa shape index (κ3) is 3.70. The molecule has 1 aromatic carbocycles. The number of aromatic nitrogens is 1. The number of hydrogen-bond donors (Lipinski definition) is 1. The van der Waals surface area contributed by atoms with Crippen molar-refractivity contribution in [3.63, 3.8) is 0 Å². The van der Waals surface area contributed by atoms with Crippen molar-refractivity contribution in [3.8, 4) is 0 Å². The van der Waals surface area contributed by atoms with Gasteiger partial charge in [-0.2, -0.15) is 0 Å². The lowest BCUT2D eigenvalue weighted by Gasteiger charge is -2.23. The Bertz CT molecular complexity index is 682. The highest BCUT2D eigenvalue weighted by atomic mass is 16.5. The number of nitrogens with zero attached hydrogens (tertiary/aromatic N) is 2. The van der Waals surface area contributed by atoms with E-state index in [1.807, 2.05) is 12.4 Å². The van der Waals surface area contributed by atoms with Gasteiger partial charge in [0.05, 0.1) is 12.6 Å². The summed E-state index contributed by atoms with van der Waals surface area (Å²) in [5.74, 6) is 0. The number of ether oxygens (including phenoxy) is 1. The third-order valence-electron chi connectivity index (χ3n) is 4.32. The van der Waals surface area contributed by atoms with Crippen LogP contribution in [0.3, 0.4) is 0 Å². The first-order valence-electron chi connectivity index (χ1n) is 8.19. The maximum atomic E-state index is 5.57. The van der Waals surface area contributed by atoms with Crippen LogP contribution in [0.15, 0.2) is 47.7 Å². The van der Waals surface area contributed by atoms with Gasteiger partial charge in [0.1, 0.15) is 6.61 Å². The zero-order valence-corrected chi connectivity index (χ0v) is 13.7. The van der Waals surface area contributed by atoms with Gasteiger partial charge in [-0.05, 0) is 54.2 Å². The van der Waals surface area contributed by atoms with E-state index in [1.165, 1.54) is 22.3 Å². The SMILES string of the molecule is CCc1cccc(C(Cc2ccncc2)NC2=NCCO2)c1C. The van der Waals surface area contributed by atoms with Crippen LogP contribution in [0.2, 0.25) is 0 Å². The Balaban J connectivity index is 1.90. The van der Waals surface area contributed by atoms with Crippen molar-refractivity contribution in [2.24, 2.45) is 4.99 Å². The number of benzene rings is 1. The minimum absolute atomic E-state index is 0.140. The molecule has 1 aliphatic rings. The average Bonchev–Trinajstić information content (AvgIpc) is 3.08. The molecular weight excluding hydrogens is 286 g/mol. The van der Waals surface area contributed by atoms with E-state index >= 15 is 0 Å². The summed E-state index contributed by atoms with van der Waals surface area (Å²) in [4.78, 5) is 8.49. The predicted molar refractivity (Wildman–Crippen MR) is 92.6 cm³/mol. The molecule has 120 valence electrons. The summed E-state index contributed by atoms with van der Waals surface area (Å²) in [5.41, 5.74) is 5.29. The molecule has 3 rings (SSSR count). The lowest BCUT2D eigenvalue weighted by Crippen LogP contribution is -2.30. The van der Waals surface area contributed by atoms with Crippen LogP contribution in [0.4, 0.5) is 0 Å². The van der Waals surface area contributed by atoms with Gasteiger partial charge >= 0.3 is 0 Å². The van der Waals surface area contributed by atoms with Crippen LogP contribution in [0.25, 0.3) is 0 Å². The van der Waals surface area contributed by atoms with E-state index in [9.17, 15) is 0 Å². The molecule has 4 heteroatoms. The Morgan fingerprint density at radius 1 is 1.22 bits per heavy atom. The monoisotopic (exact) mass is 309 g/mol. The number of nitrogens with one attached hydrogen (secondary N) is 1. The summed E-state index contributed by atoms with van der Waals surface area (Å²) in [6.45, 7) is 5.80. The number of rotatable bonds is 5. The molecule has 0 amide bonds. The van der Waals surface area contributed by atoms with Gasteiger partial charge in [-0.15, -0.1) is 0 Å². The maximum absolute atomic E-state index is 5.57. The molecular formula is C19H23N3O. The summed E-state index contributed by atoms with van der Waals surface area (Å²) in [6.07, 6.45) is 5.59. The second kappa shape index (κ2) is 7.27. The van der Waals surface area contributed by atoms with Crippen molar-refractivity contribution < 1.29 is 4.74 Å². The van der Waals surface area contributed by atoms with E-state index in [0.29, 0.717) is 12.6 Å². The number of pyridine rings is 1. The molecule has 0 spiro atoms. The molecule has 2 aromatic rings. The fourth-order valence-electron chi connectivity index (χ4n) is 3.03. The zero-order chi connectivity index (χ0) is 16.1. The standard InChI is InChI=1S/C19H23N3O/c1-3-16-5-4-6-17(14(16)2)18(22-19-21-11-12-23-19)13-15-7-9-20-10-8-15/h4-10,18H,3,11-13H2,1-2H3,(H,21,22). The van der Waals surface area contributed by atoms with Crippen LogP contribution in [-0.4, -0.2) is 24.2 Å². The summed E-state index contributed by atoms with van der Waals surface area (Å²) >= 11 is 0. The van der Waals surface area contributed by atoms with Crippen molar-refractivity contribution >= 4 is 6.02 Å². The molecule has 23 heavy (non-hydrogen) atoms. The quantitative estimate of drug-likeness (QED) is 0.922. The number of amidine groups is 1. The second-order valence-electron chi connectivity index (χ2n) is 5.78. The van der Waals surface area contributed by atoms with Gasteiger partial charge < -0.3 is 10.1 Å². The van der Waals surface area contributed by atoms with E-state index in [4.69, 9.17) is 4.74 Å². The van der Waals surface area contributed by atoms with E-state index in [2.05, 4.69) is 59.5 Å². The van der Waals surface area contributed by atoms with E-state index < -0.39 is 0 Å². The minimum Gasteiger partial charge on any atom is -0.463 e. The molecule has 4 nitrogen and oxygen atoms in total. The largest absolute Gasteiger partial charge is 0.463 e. The van der Waals surface area contributed by atoms with Crippen molar-refractivity contribution in [1.82, 2.24) is 10.3 Å². The second-order valence-corrected chi connectivity index (χ2v) is 5.78. The van der Waals surface area contributed by atoms with Crippen LogP contribution < -0.4 is 5.32 Å². The minimum atomic E-state index is 0.140. The van der Waals surface area contributed by atoms with Crippen LogP contribution in [-0.2, 0) is 17.6 Å². The molecule has 1 N–H and O–H groups in total. The van der Waals surface area contributed by atoms with Crippen LogP contribution in [0, 0.1) is 6.92 Å². The van der Waals surface area contributed by atoms with E-state index in [-0.39, 0.29) is 6.04 Å². The lowest BCUT2D eigenvalue weighted by atomic mass is 9.92. The first-order valence-corrected chi connectivity index (χ1v) is 8.19. The van der Waals surface area contributed by atoms with Crippen molar-refractivity contribution in [2.75, 3.05) is 13.2 Å². The van der Waals surface area contributed by atoms with Gasteiger partial charge in [-0.3, -0.25) is 4.98 Å². The van der Waals surface area contributed by atoms with Gasteiger partial charge in [-0.1, -0.05) is 25.1 Å². The highest BCUT2D eigenvalue weighted by molar-refractivity contribution is 5.75. The van der Waals surface area contributed by atoms with Gasteiger partial charge in [-0.25, -0.2) is 4.99 Å². The molecule has 0 saturated carbocycles. The number of aliphatic imine (C=N–C) groups is 1. The van der Waals surface area contributed by atoms with Crippen LogP contribution in [0.1, 0.15) is 35.2 Å². The molecule has 0 aliphatic carbocycles. The fraction of sp³-hybridized carbons (Fsp3) is 0.368. The van der Waals surface area contributed by atoms with E-state index in [0.717, 1.165) is 19.4 Å². The number of hydrogen-bond acceptors (Lipinski definition) is 4. The Morgan fingerprint density at radius 3 is 2.74 bits per heavy atom. The highest BCUT2D eigenvalue weighted by Gasteiger charge is 2.19. The van der Waals surface area contributed by atoms with Gasteiger partial charge in [0.25, 0.3) is 6.02 Å². The molecule has 0 bridgehead atoms. The molecule has 1 unspecified atom stereocenters. The normalized spacial score (nSPS) is 15.0. The highest BCUT2D eigenvalue weighted by Crippen LogP contribution is 2.25. The maximum Gasteiger partial charge on any atom is 0.285 e. The fourth-order valence-corrected chi connectivity index (χ4v) is 3.03. The Kier molecular flexibility index (Phi) is 4.91. The third-order valence-corrected chi connectivity index (χ3v) is 4.32. The molecule has 0 fully saturated rings. The molecule has 1 aromatic heterocycles. The Labute approximate surface area is 137 Å². The summed E-state index contributed by atoms with van der Waals surface area (Å²) in [5, 5.41) is 3.48. The summed E-state index contributed by atoms with van der Waals surface area (Å²) < 4.78 is 5.57. The van der Waals surface area contributed by atoms with Gasteiger partial charge in [0.2, 0.25) is 0 Å². The van der Waals surface area contributed by atoms with E-state index in [1.54, 1.807) is 0 Å². The summed E-state index contributed by atoms with van der Waals surface area (Å²) in [7, 11) is 0. The molecule has 1 atom stereocenters. The lowest BCUT2D eigenvalue weighted by molar-refractivity contribution is 0.325. The van der Waals surface area contributed by atoms with Gasteiger partial charge in [0, 0.05) is 12.4 Å². The molecule has 2 heterocycles. The smallest absolute Gasteiger partial charge is 0.285 e. The molecule has 1 aliphatic heterocycles. The van der Waals surface area contributed by atoms with Gasteiger partial charge in [0.15, 0.2) is 0 Å². The first kappa shape index (κ1) is 15.5.